The number of hydrogen-bond acceptors (Lipinski definition) is 3. The normalized spacial score (nSPS) is 27.3. The molecule has 0 aliphatic carbocycles. The summed E-state index contributed by atoms with van der Waals surface area (Å²) in [5, 5.41) is 2.81. The van der Waals surface area contributed by atoms with Crippen LogP contribution in [0.3, 0.4) is 0 Å². The van der Waals surface area contributed by atoms with E-state index >= 15 is 0 Å². The van der Waals surface area contributed by atoms with E-state index in [1.54, 1.807) is 0 Å². The second kappa shape index (κ2) is 6.12. The van der Waals surface area contributed by atoms with E-state index in [1.807, 2.05) is 4.90 Å². The minimum absolute atomic E-state index is 0.0673. The van der Waals surface area contributed by atoms with Crippen molar-refractivity contribution >= 4 is 11.8 Å². The largest absolute Gasteiger partial charge is 0.381 e. The first kappa shape index (κ1) is 15.3. The smallest absolute Gasteiger partial charge is 0.245 e. The lowest BCUT2D eigenvalue weighted by Gasteiger charge is -2.27. The maximum absolute atomic E-state index is 12.6. The SMILES string of the molecule is CC(=O)N[C@@H](CC(C)C)C(=O)N1CCC2(CCOC2)C1. The van der Waals surface area contributed by atoms with Gasteiger partial charge in [0.05, 0.1) is 6.61 Å². The molecule has 20 heavy (non-hydrogen) atoms. The minimum atomic E-state index is -0.384. The number of hydrogen-bond donors (Lipinski definition) is 1. The molecule has 2 atom stereocenters. The zero-order valence-corrected chi connectivity index (χ0v) is 12.8. The third kappa shape index (κ3) is 3.51. The highest BCUT2D eigenvalue weighted by Crippen LogP contribution is 2.38. The Kier molecular flexibility index (Phi) is 4.68. The zero-order chi connectivity index (χ0) is 14.8. The summed E-state index contributed by atoms with van der Waals surface area (Å²) < 4.78 is 5.49. The second-order valence-corrected chi connectivity index (χ2v) is 6.70. The molecule has 5 heteroatoms. The molecular formula is C15H26N2O3. The van der Waals surface area contributed by atoms with Gasteiger partial charge < -0.3 is 15.0 Å². The lowest BCUT2D eigenvalue weighted by molar-refractivity contribution is -0.136. The predicted molar refractivity (Wildman–Crippen MR) is 76.1 cm³/mol. The first-order valence-electron chi connectivity index (χ1n) is 7.55. The van der Waals surface area contributed by atoms with Crippen LogP contribution in [-0.2, 0) is 14.3 Å². The van der Waals surface area contributed by atoms with E-state index in [2.05, 4.69) is 19.2 Å². The molecule has 0 aromatic rings. The lowest BCUT2D eigenvalue weighted by atomic mass is 9.87. The van der Waals surface area contributed by atoms with Gasteiger partial charge >= 0.3 is 0 Å². The van der Waals surface area contributed by atoms with Crippen molar-refractivity contribution in [3.8, 4) is 0 Å². The van der Waals surface area contributed by atoms with Crippen molar-refractivity contribution < 1.29 is 14.3 Å². The fourth-order valence-electron chi connectivity index (χ4n) is 3.25. The number of amides is 2. The van der Waals surface area contributed by atoms with Crippen LogP contribution in [0.5, 0.6) is 0 Å². The van der Waals surface area contributed by atoms with Crippen LogP contribution in [0.2, 0.25) is 0 Å². The molecule has 2 aliphatic heterocycles. The number of likely N-dealkylation sites (tertiary alicyclic amines) is 1. The standard InChI is InChI=1S/C15H26N2O3/c1-11(2)8-13(16-12(3)18)14(19)17-6-4-15(9-17)5-7-20-10-15/h11,13H,4-10H2,1-3H3,(H,16,18)/t13-,15?/m0/s1. The van der Waals surface area contributed by atoms with E-state index in [0.717, 1.165) is 39.1 Å². The van der Waals surface area contributed by atoms with Crippen LogP contribution < -0.4 is 5.32 Å². The molecule has 2 rings (SSSR count). The fourth-order valence-corrected chi connectivity index (χ4v) is 3.25. The third-order valence-corrected chi connectivity index (χ3v) is 4.32. The Morgan fingerprint density at radius 2 is 2.10 bits per heavy atom. The summed E-state index contributed by atoms with van der Waals surface area (Å²) in [6.07, 6.45) is 2.76. The average molecular weight is 282 g/mol. The molecule has 0 radical (unpaired) electrons. The third-order valence-electron chi connectivity index (χ3n) is 4.32. The minimum Gasteiger partial charge on any atom is -0.381 e. The number of carbonyl (C=O) groups excluding carboxylic acids is 2. The molecular weight excluding hydrogens is 256 g/mol. The van der Waals surface area contributed by atoms with E-state index in [9.17, 15) is 9.59 Å². The Morgan fingerprint density at radius 3 is 2.65 bits per heavy atom. The van der Waals surface area contributed by atoms with Gasteiger partial charge in [-0.2, -0.15) is 0 Å². The first-order chi connectivity index (χ1) is 9.42. The molecule has 2 aliphatic rings. The van der Waals surface area contributed by atoms with Crippen LogP contribution in [0, 0.1) is 11.3 Å². The molecule has 2 heterocycles. The first-order valence-corrected chi connectivity index (χ1v) is 7.55. The van der Waals surface area contributed by atoms with Gasteiger partial charge in [0, 0.05) is 32.0 Å². The van der Waals surface area contributed by atoms with E-state index in [0.29, 0.717) is 12.3 Å². The van der Waals surface area contributed by atoms with E-state index < -0.39 is 0 Å². The van der Waals surface area contributed by atoms with Crippen molar-refractivity contribution in [1.29, 1.82) is 0 Å². The number of carbonyl (C=O) groups is 2. The molecule has 2 saturated heterocycles. The molecule has 5 nitrogen and oxygen atoms in total. The molecule has 1 N–H and O–H groups in total. The van der Waals surface area contributed by atoms with Gasteiger partial charge in [0.25, 0.3) is 0 Å². The highest BCUT2D eigenvalue weighted by Gasteiger charge is 2.43. The summed E-state index contributed by atoms with van der Waals surface area (Å²) >= 11 is 0. The molecule has 2 amide bonds. The highest BCUT2D eigenvalue weighted by atomic mass is 16.5. The number of ether oxygens (including phenoxy) is 1. The predicted octanol–water partition coefficient (Wildman–Crippen LogP) is 1.18. The van der Waals surface area contributed by atoms with Crippen molar-refractivity contribution in [2.75, 3.05) is 26.3 Å². The number of nitrogens with one attached hydrogen (secondary N) is 1. The van der Waals surface area contributed by atoms with Crippen LogP contribution in [0.25, 0.3) is 0 Å². The maximum Gasteiger partial charge on any atom is 0.245 e. The second-order valence-electron chi connectivity index (χ2n) is 6.70. The van der Waals surface area contributed by atoms with Crippen LogP contribution >= 0.6 is 0 Å². The monoisotopic (exact) mass is 282 g/mol. The maximum atomic E-state index is 12.6. The number of rotatable bonds is 4. The average Bonchev–Trinajstić information content (AvgIpc) is 2.97. The van der Waals surface area contributed by atoms with Crippen LogP contribution in [-0.4, -0.2) is 49.1 Å². The molecule has 1 unspecified atom stereocenters. The molecule has 1 spiro atoms. The summed E-state index contributed by atoms with van der Waals surface area (Å²) in [5.41, 5.74) is 0.175. The van der Waals surface area contributed by atoms with Crippen molar-refractivity contribution in [1.82, 2.24) is 10.2 Å². The van der Waals surface area contributed by atoms with Gasteiger partial charge in [0.15, 0.2) is 0 Å². The summed E-state index contributed by atoms with van der Waals surface area (Å²) in [7, 11) is 0. The summed E-state index contributed by atoms with van der Waals surface area (Å²) in [5.74, 6) is 0.307. The van der Waals surface area contributed by atoms with E-state index in [-0.39, 0.29) is 23.3 Å². The van der Waals surface area contributed by atoms with Crippen molar-refractivity contribution in [3.63, 3.8) is 0 Å². The fraction of sp³-hybridized carbons (Fsp3) is 0.867. The Morgan fingerprint density at radius 1 is 1.35 bits per heavy atom. The zero-order valence-electron chi connectivity index (χ0n) is 12.8. The van der Waals surface area contributed by atoms with Gasteiger partial charge in [0.2, 0.25) is 11.8 Å². The molecule has 114 valence electrons. The van der Waals surface area contributed by atoms with Gasteiger partial charge in [-0.1, -0.05) is 13.8 Å². The molecule has 0 saturated carbocycles. The highest BCUT2D eigenvalue weighted by molar-refractivity contribution is 5.87. The lowest BCUT2D eigenvalue weighted by Crippen LogP contribution is -2.48. The molecule has 2 fully saturated rings. The summed E-state index contributed by atoms with van der Waals surface area (Å²) in [4.78, 5) is 25.8. The van der Waals surface area contributed by atoms with Gasteiger partial charge in [-0.3, -0.25) is 9.59 Å². The topological polar surface area (TPSA) is 58.6 Å². The van der Waals surface area contributed by atoms with E-state index in [1.165, 1.54) is 6.92 Å². The Hall–Kier alpha value is -1.10. The molecule has 0 bridgehead atoms. The van der Waals surface area contributed by atoms with E-state index in [4.69, 9.17) is 4.74 Å². The van der Waals surface area contributed by atoms with Crippen molar-refractivity contribution in [3.05, 3.63) is 0 Å². The molecule has 0 aromatic heterocycles. The van der Waals surface area contributed by atoms with Crippen LogP contribution in [0.1, 0.15) is 40.0 Å². The van der Waals surface area contributed by atoms with Crippen molar-refractivity contribution in [2.45, 2.75) is 46.1 Å². The van der Waals surface area contributed by atoms with Gasteiger partial charge in [-0.05, 0) is 25.2 Å². The Labute approximate surface area is 121 Å². The van der Waals surface area contributed by atoms with Gasteiger partial charge in [-0.15, -0.1) is 0 Å². The van der Waals surface area contributed by atoms with Crippen molar-refractivity contribution in [2.24, 2.45) is 11.3 Å². The summed E-state index contributed by atoms with van der Waals surface area (Å²) in [6.45, 7) is 8.75. The van der Waals surface area contributed by atoms with Gasteiger partial charge in [-0.25, -0.2) is 0 Å². The quantitative estimate of drug-likeness (QED) is 0.842. The summed E-state index contributed by atoms with van der Waals surface area (Å²) in [6, 6.07) is -0.384. The molecule has 0 aromatic carbocycles. The Balaban J connectivity index is 1.98. The number of nitrogens with zero attached hydrogens (tertiary/aromatic N) is 1. The Bertz CT molecular complexity index is 375. The van der Waals surface area contributed by atoms with Crippen LogP contribution in [0.15, 0.2) is 0 Å². The van der Waals surface area contributed by atoms with Gasteiger partial charge in [0.1, 0.15) is 6.04 Å². The van der Waals surface area contributed by atoms with Crippen LogP contribution in [0.4, 0.5) is 0 Å².